The van der Waals surface area contributed by atoms with Crippen LogP contribution in [0, 0.1) is 11.3 Å². The van der Waals surface area contributed by atoms with Gasteiger partial charge in [-0.2, -0.15) is 5.26 Å². The van der Waals surface area contributed by atoms with E-state index in [0.29, 0.717) is 22.6 Å². The number of rotatable bonds is 4. The van der Waals surface area contributed by atoms with E-state index in [9.17, 15) is 4.79 Å². The average molecular weight is 314 g/mol. The molecule has 0 fully saturated rings. The van der Waals surface area contributed by atoms with Crippen LogP contribution >= 0.6 is 0 Å². The van der Waals surface area contributed by atoms with Gasteiger partial charge in [-0.3, -0.25) is 4.79 Å². The molecule has 116 valence electrons. The minimum absolute atomic E-state index is 0.210. The number of carbonyl (C=O) groups excluding carboxylic acids is 1. The predicted molar refractivity (Wildman–Crippen MR) is 93.1 cm³/mol. The first-order valence-corrected chi connectivity index (χ1v) is 7.35. The van der Waals surface area contributed by atoms with E-state index in [1.54, 1.807) is 36.5 Å². The Hall–Kier alpha value is -3.65. The number of hydrogen-bond acceptors (Lipinski definition) is 4. The lowest BCUT2D eigenvalue weighted by molar-refractivity contribution is 0.102. The molecule has 3 rings (SSSR count). The van der Waals surface area contributed by atoms with E-state index < -0.39 is 0 Å². The van der Waals surface area contributed by atoms with Gasteiger partial charge in [0.2, 0.25) is 0 Å². The zero-order valence-electron chi connectivity index (χ0n) is 12.7. The van der Waals surface area contributed by atoms with Crippen molar-refractivity contribution in [3.8, 4) is 6.07 Å². The van der Waals surface area contributed by atoms with E-state index in [1.807, 2.05) is 36.4 Å². The van der Waals surface area contributed by atoms with Gasteiger partial charge in [0.15, 0.2) is 0 Å². The molecule has 2 aromatic carbocycles. The molecule has 0 aliphatic heterocycles. The molecular formula is C19H14N4O. The van der Waals surface area contributed by atoms with Gasteiger partial charge in [-0.15, -0.1) is 0 Å². The Morgan fingerprint density at radius 2 is 1.71 bits per heavy atom. The molecular weight excluding hydrogens is 300 g/mol. The Bertz CT molecular complexity index is 883. The van der Waals surface area contributed by atoms with Crippen LogP contribution in [-0.2, 0) is 0 Å². The van der Waals surface area contributed by atoms with Crippen LogP contribution in [-0.4, -0.2) is 10.9 Å². The number of hydrogen-bond donors (Lipinski definition) is 2. The first kappa shape index (κ1) is 15.3. The fourth-order valence-electron chi connectivity index (χ4n) is 2.16. The van der Waals surface area contributed by atoms with Crippen LogP contribution in [0.3, 0.4) is 0 Å². The molecule has 0 saturated carbocycles. The molecule has 0 bridgehead atoms. The highest BCUT2D eigenvalue weighted by Crippen LogP contribution is 2.20. The summed E-state index contributed by atoms with van der Waals surface area (Å²) in [5.74, 6) is 0.251. The van der Waals surface area contributed by atoms with Gasteiger partial charge < -0.3 is 10.6 Å². The third kappa shape index (κ3) is 3.57. The second kappa shape index (κ2) is 7.07. The number of nitrogens with one attached hydrogen (secondary N) is 2. The zero-order valence-corrected chi connectivity index (χ0v) is 12.7. The van der Waals surface area contributed by atoms with E-state index in [-0.39, 0.29) is 5.91 Å². The number of benzene rings is 2. The Labute approximate surface area is 139 Å². The first-order valence-electron chi connectivity index (χ1n) is 7.35. The fraction of sp³-hybridized carbons (Fsp3) is 0. The van der Waals surface area contributed by atoms with Crippen LogP contribution in [0.1, 0.15) is 15.9 Å². The topological polar surface area (TPSA) is 77.8 Å². The molecule has 0 saturated heterocycles. The molecule has 0 atom stereocenters. The van der Waals surface area contributed by atoms with E-state index >= 15 is 0 Å². The van der Waals surface area contributed by atoms with Gasteiger partial charge in [0.25, 0.3) is 5.91 Å². The number of nitriles is 1. The number of amides is 1. The molecule has 1 amide bonds. The number of nitrogens with zero attached hydrogens (tertiary/aromatic N) is 2. The van der Waals surface area contributed by atoms with Crippen LogP contribution in [0.2, 0.25) is 0 Å². The number of para-hydroxylation sites is 1. The van der Waals surface area contributed by atoms with Crippen LogP contribution in [0.25, 0.3) is 0 Å². The van der Waals surface area contributed by atoms with Crippen molar-refractivity contribution in [3.63, 3.8) is 0 Å². The molecule has 0 aliphatic carbocycles. The van der Waals surface area contributed by atoms with E-state index in [0.717, 1.165) is 5.69 Å². The summed E-state index contributed by atoms with van der Waals surface area (Å²) in [7, 11) is 0. The fourth-order valence-corrected chi connectivity index (χ4v) is 2.16. The minimum Gasteiger partial charge on any atom is -0.353 e. The van der Waals surface area contributed by atoms with Gasteiger partial charge in [-0.25, -0.2) is 4.98 Å². The summed E-state index contributed by atoms with van der Waals surface area (Å²) in [6.07, 6.45) is 1.61. The summed E-state index contributed by atoms with van der Waals surface area (Å²) >= 11 is 0. The maximum absolute atomic E-state index is 12.1. The van der Waals surface area contributed by atoms with Crippen molar-refractivity contribution >= 4 is 23.1 Å². The standard InChI is InChI=1S/C19H14N4O/c20-12-15-8-4-5-9-17(15)22-16-10-11-18(21-13-16)23-19(24)14-6-2-1-3-7-14/h1-11,13,22H,(H,21,23,24). The van der Waals surface area contributed by atoms with Gasteiger partial charge in [0, 0.05) is 5.56 Å². The summed E-state index contributed by atoms with van der Waals surface area (Å²) in [5.41, 5.74) is 2.57. The Kier molecular flexibility index (Phi) is 4.50. The Balaban J connectivity index is 1.70. The lowest BCUT2D eigenvalue weighted by Gasteiger charge is -2.09. The summed E-state index contributed by atoms with van der Waals surface area (Å²) in [5, 5.41) is 15.0. The van der Waals surface area contributed by atoms with Gasteiger partial charge in [0.05, 0.1) is 23.1 Å². The van der Waals surface area contributed by atoms with Crippen molar-refractivity contribution in [2.24, 2.45) is 0 Å². The second-order valence-electron chi connectivity index (χ2n) is 5.03. The summed E-state index contributed by atoms with van der Waals surface area (Å²) in [6, 6.07) is 21.8. The van der Waals surface area contributed by atoms with Crippen molar-refractivity contribution in [1.29, 1.82) is 5.26 Å². The van der Waals surface area contributed by atoms with Crippen molar-refractivity contribution in [1.82, 2.24) is 4.98 Å². The molecule has 1 heterocycles. The lowest BCUT2D eigenvalue weighted by atomic mass is 10.2. The van der Waals surface area contributed by atoms with Crippen LogP contribution < -0.4 is 10.6 Å². The SMILES string of the molecule is N#Cc1ccccc1Nc1ccc(NC(=O)c2ccccc2)nc1. The van der Waals surface area contributed by atoms with E-state index in [2.05, 4.69) is 21.7 Å². The highest BCUT2D eigenvalue weighted by atomic mass is 16.1. The summed E-state index contributed by atoms with van der Waals surface area (Å²) in [4.78, 5) is 16.3. The number of aromatic nitrogens is 1. The lowest BCUT2D eigenvalue weighted by Crippen LogP contribution is -2.12. The average Bonchev–Trinajstić information content (AvgIpc) is 2.64. The number of pyridine rings is 1. The van der Waals surface area contributed by atoms with Crippen LogP contribution in [0.4, 0.5) is 17.2 Å². The monoisotopic (exact) mass is 314 g/mol. The van der Waals surface area contributed by atoms with E-state index in [4.69, 9.17) is 5.26 Å². The molecule has 0 unspecified atom stereocenters. The molecule has 0 aliphatic rings. The van der Waals surface area contributed by atoms with Crippen molar-refractivity contribution in [3.05, 3.63) is 84.1 Å². The van der Waals surface area contributed by atoms with Gasteiger partial charge in [-0.1, -0.05) is 30.3 Å². The number of carbonyl (C=O) groups is 1. The normalized spacial score (nSPS) is 9.79. The molecule has 1 aromatic heterocycles. The third-order valence-corrected chi connectivity index (χ3v) is 3.37. The highest BCUT2D eigenvalue weighted by molar-refractivity contribution is 6.03. The number of anilines is 3. The molecule has 2 N–H and O–H groups in total. The second-order valence-corrected chi connectivity index (χ2v) is 5.03. The van der Waals surface area contributed by atoms with Gasteiger partial charge >= 0.3 is 0 Å². The maximum atomic E-state index is 12.1. The Morgan fingerprint density at radius 1 is 0.958 bits per heavy atom. The maximum Gasteiger partial charge on any atom is 0.256 e. The Morgan fingerprint density at radius 3 is 2.42 bits per heavy atom. The molecule has 24 heavy (non-hydrogen) atoms. The minimum atomic E-state index is -0.210. The van der Waals surface area contributed by atoms with Crippen molar-refractivity contribution in [2.45, 2.75) is 0 Å². The molecule has 3 aromatic rings. The quantitative estimate of drug-likeness (QED) is 0.764. The zero-order chi connectivity index (χ0) is 16.8. The van der Waals surface area contributed by atoms with Crippen LogP contribution in [0.15, 0.2) is 72.9 Å². The van der Waals surface area contributed by atoms with E-state index in [1.165, 1.54) is 0 Å². The molecule has 5 nitrogen and oxygen atoms in total. The van der Waals surface area contributed by atoms with Crippen LogP contribution in [0.5, 0.6) is 0 Å². The predicted octanol–water partition coefficient (Wildman–Crippen LogP) is 3.95. The van der Waals surface area contributed by atoms with Crippen molar-refractivity contribution < 1.29 is 4.79 Å². The molecule has 0 spiro atoms. The first-order chi connectivity index (χ1) is 11.8. The molecule has 5 heteroatoms. The largest absolute Gasteiger partial charge is 0.353 e. The van der Waals surface area contributed by atoms with Gasteiger partial charge in [0.1, 0.15) is 11.9 Å². The smallest absolute Gasteiger partial charge is 0.256 e. The van der Waals surface area contributed by atoms with Gasteiger partial charge in [-0.05, 0) is 36.4 Å². The molecule has 0 radical (unpaired) electrons. The summed E-state index contributed by atoms with van der Waals surface area (Å²) in [6.45, 7) is 0. The third-order valence-electron chi connectivity index (χ3n) is 3.37. The summed E-state index contributed by atoms with van der Waals surface area (Å²) < 4.78 is 0. The van der Waals surface area contributed by atoms with Crippen molar-refractivity contribution in [2.75, 3.05) is 10.6 Å². The highest BCUT2D eigenvalue weighted by Gasteiger charge is 2.06.